The highest BCUT2D eigenvalue weighted by Crippen LogP contribution is 2.20. The maximum Gasteiger partial charge on any atom is 0.341 e. The molecule has 32 heavy (non-hydrogen) atoms. The van der Waals surface area contributed by atoms with Crippen molar-refractivity contribution in [3.05, 3.63) is 83.2 Å². The van der Waals surface area contributed by atoms with E-state index < -0.39 is 5.97 Å². The van der Waals surface area contributed by atoms with E-state index >= 15 is 0 Å². The zero-order valence-electron chi connectivity index (χ0n) is 18.4. The molecule has 0 aliphatic rings. The first kappa shape index (κ1) is 25.2. The Kier molecular flexibility index (Phi) is 9.99. The normalized spacial score (nSPS) is 10.8. The lowest BCUT2D eigenvalue weighted by Gasteiger charge is -2.15. The molecule has 0 radical (unpaired) electrons. The average molecular weight is 549 g/mol. The van der Waals surface area contributed by atoms with E-state index in [9.17, 15) is 4.79 Å². The predicted octanol–water partition coefficient (Wildman–Crippen LogP) is 3.21. The third-order valence-electron chi connectivity index (χ3n) is 4.81. The summed E-state index contributed by atoms with van der Waals surface area (Å²) >= 11 is 0. The Labute approximate surface area is 205 Å². The number of guanidine groups is 1. The molecular weight excluding hydrogens is 521 g/mol. The number of carbonyl (C=O) groups excluding carboxylic acids is 1. The smallest absolute Gasteiger partial charge is 0.341 e. The van der Waals surface area contributed by atoms with Crippen molar-refractivity contribution in [1.82, 2.24) is 20.4 Å². The molecule has 3 aromatic rings. The van der Waals surface area contributed by atoms with Crippen molar-refractivity contribution in [1.29, 1.82) is 0 Å². The van der Waals surface area contributed by atoms with Crippen LogP contribution in [0.15, 0.2) is 65.9 Å². The summed E-state index contributed by atoms with van der Waals surface area (Å²) in [7, 11) is 4.59. The van der Waals surface area contributed by atoms with Gasteiger partial charge in [-0.25, -0.2) is 4.79 Å². The number of aromatic nitrogens is 2. The first-order chi connectivity index (χ1) is 15.1. The number of nitrogens with zero attached hydrogens (tertiary/aromatic N) is 3. The van der Waals surface area contributed by atoms with Crippen molar-refractivity contribution >= 4 is 35.9 Å². The molecule has 1 heterocycles. The van der Waals surface area contributed by atoms with Crippen LogP contribution in [0.2, 0.25) is 0 Å². The molecule has 0 atom stereocenters. The van der Waals surface area contributed by atoms with Crippen molar-refractivity contribution in [2.45, 2.75) is 19.6 Å². The summed E-state index contributed by atoms with van der Waals surface area (Å²) < 4.78 is 12.0. The van der Waals surface area contributed by atoms with Gasteiger partial charge in [0.1, 0.15) is 11.3 Å². The van der Waals surface area contributed by atoms with Gasteiger partial charge in [0.2, 0.25) is 0 Å². The summed E-state index contributed by atoms with van der Waals surface area (Å²) in [6.07, 6.45) is 3.72. The first-order valence-electron chi connectivity index (χ1n) is 9.88. The first-order valence-corrected chi connectivity index (χ1v) is 9.88. The number of hydrogen-bond donors (Lipinski definition) is 2. The Morgan fingerprint density at radius 1 is 1.06 bits per heavy atom. The molecule has 0 fully saturated rings. The minimum Gasteiger partial charge on any atom is -0.496 e. The van der Waals surface area contributed by atoms with Crippen LogP contribution in [0.5, 0.6) is 5.75 Å². The molecule has 0 spiro atoms. The molecule has 0 unspecified atom stereocenters. The van der Waals surface area contributed by atoms with Gasteiger partial charge in [0, 0.05) is 32.5 Å². The van der Waals surface area contributed by atoms with Crippen molar-refractivity contribution in [2.75, 3.05) is 21.3 Å². The minimum atomic E-state index is -0.435. The van der Waals surface area contributed by atoms with Gasteiger partial charge in [0.15, 0.2) is 5.96 Å². The van der Waals surface area contributed by atoms with Crippen LogP contribution in [0.1, 0.15) is 27.0 Å². The fraction of sp³-hybridized carbons (Fsp3) is 0.261. The Balaban J connectivity index is 0.00000363. The lowest BCUT2D eigenvalue weighted by atomic mass is 10.1. The van der Waals surface area contributed by atoms with Gasteiger partial charge in [-0.05, 0) is 34.9 Å². The summed E-state index contributed by atoms with van der Waals surface area (Å²) in [5, 5.41) is 10.9. The predicted molar refractivity (Wildman–Crippen MR) is 135 cm³/mol. The minimum absolute atomic E-state index is 0. The number of benzene rings is 2. The van der Waals surface area contributed by atoms with Crippen molar-refractivity contribution in [2.24, 2.45) is 4.99 Å². The molecule has 3 rings (SSSR count). The summed E-state index contributed by atoms with van der Waals surface area (Å²) in [5.41, 5.74) is 3.65. The van der Waals surface area contributed by atoms with Gasteiger partial charge in [-0.1, -0.05) is 30.3 Å². The number of aliphatic imine (C=N–C) groups is 1. The summed E-state index contributed by atoms with van der Waals surface area (Å²) in [6.45, 7) is 1.81. The topological polar surface area (TPSA) is 89.8 Å². The van der Waals surface area contributed by atoms with Crippen LogP contribution in [0.3, 0.4) is 0 Å². The van der Waals surface area contributed by atoms with Gasteiger partial charge in [-0.2, -0.15) is 5.10 Å². The molecule has 0 bridgehead atoms. The van der Waals surface area contributed by atoms with E-state index in [0.717, 1.165) is 5.56 Å². The van der Waals surface area contributed by atoms with E-state index in [-0.39, 0.29) is 24.0 Å². The van der Waals surface area contributed by atoms with Crippen LogP contribution in [-0.2, 0) is 24.4 Å². The van der Waals surface area contributed by atoms with Crippen LogP contribution < -0.4 is 15.4 Å². The molecule has 2 N–H and O–H groups in total. The molecule has 0 saturated carbocycles. The highest BCUT2D eigenvalue weighted by atomic mass is 127. The second kappa shape index (κ2) is 12.7. The summed E-state index contributed by atoms with van der Waals surface area (Å²) in [5.74, 6) is 0.700. The lowest BCUT2D eigenvalue weighted by Crippen LogP contribution is -2.36. The Morgan fingerprint density at radius 2 is 1.81 bits per heavy atom. The summed E-state index contributed by atoms with van der Waals surface area (Å²) in [6, 6.07) is 15.5. The van der Waals surface area contributed by atoms with Crippen LogP contribution in [0.4, 0.5) is 0 Å². The molecule has 8 nitrogen and oxygen atoms in total. The van der Waals surface area contributed by atoms with E-state index in [2.05, 4.69) is 32.9 Å². The molecule has 9 heteroatoms. The fourth-order valence-corrected chi connectivity index (χ4v) is 3.17. The molecular formula is C23H28IN5O3. The van der Waals surface area contributed by atoms with E-state index in [1.807, 2.05) is 35.1 Å². The van der Waals surface area contributed by atoms with E-state index in [4.69, 9.17) is 9.47 Å². The molecule has 2 aromatic carbocycles. The van der Waals surface area contributed by atoms with Crippen LogP contribution in [0.25, 0.3) is 0 Å². The maximum absolute atomic E-state index is 12.0. The standard InChI is InChI=1S/C23H27N5O3.HI/c1-24-23(25-14-17-9-10-21(30-2)20(13-17)22(29)31-3)26-15-18-7-4-5-8-19(18)16-28-12-6-11-27-28;/h4-13H,14-16H2,1-3H3,(H2,24,25,26);1H. The molecule has 0 amide bonds. The van der Waals surface area contributed by atoms with Gasteiger partial charge >= 0.3 is 5.97 Å². The second-order valence-electron chi connectivity index (χ2n) is 6.78. The van der Waals surface area contributed by atoms with E-state index in [1.54, 1.807) is 25.4 Å². The Bertz CT molecular complexity index is 1040. The number of ether oxygens (including phenoxy) is 2. The van der Waals surface area contributed by atoms with Gasteiger partial charge in [0.25, 0.3) is 0 Å². The van der Waals surface area contributed by atoms with Crippen molar-refractivity contribution in [3.63, 3.8) is 0 Å². The Hall–Kier alpha value is -3.08. The largest absolute Gasteiger partial charge is 0.496 e. The number of nitrogens with one attached hydrogen (secondary N) is 2. The molecule has 0 saturated heterocycles. The highest BCUT2D eigenvalue weighted by molar-refractivity contribution is 14.0. The molecule has 0 aliphatic heterocycles. The summed E-state index contributed by atoms with van der Waals surface area (Å²) in [4.78, 5) is 16.3. The zero-order chi connectivity index (χ0) is 22.1. The van der Waals surface area contributed by atoms with Gasteiger partial charge < -0.3 is 20.1 Å². The molecule has 170 valence electrons. The fourth-order valence-electron chi connectivity index (χ4n) is 3.17. The molecule has 0 aliphatic carbocycles. The second-order valence-corrected chi connectivity index (χ2v) is 6.78. The molecule has 1 aromatic heterocycles. The van der Waals surface area contributed by atoms with Crippen LogP contribution in [0, 0.1) is 0 Å². The maximum atomic E-state index is 12.0. The Morgan fingerprint density at radius 3 is 2.47 bits per heavy atom. The monoisotopic (exact) mass is 549 g/mol. The van der Waals surface area contributed by atoms with Gasteiger partial charge in [-0.15, -0.1) is 24.0 Å². The van der Waals surface area contributed by atoms with Gasteiger partial charge in [0.05, 0.1) is 20.8 Å². The number of esters is 1. The number of carbonyl (C=O) groups is 1. The van der Waals surface area contributed by atoms with Crippen LogP contribution in [-0.4, -0.2) is 43.0 Å². The number of methoxy groups -OCH3 is 2. The number of rotatable bonds is 8. The average Bonchev–Trinajstić information content (AvgIpc) is 3.32. The third-order valence-corrected chi connectivity index (χ3v) is 4.81. The van der Waals surface area contributed by atoms with Crippen molar-refractivity contribution in [3.8, 4) is 5.75 Å². The highest BCUT2D eigenvalue weighted by Gasteiger charge is 2.13. The zero-order valence-corrected chi connectivity index (χ0v) is 20.7. The third kappa shape index (κ3) is 6.71. The SMILES string of the molecule is CN=C(NCc1ccc(OC)c(C(=O)OC)c1)NCc1ccccc1Cn1cccn1.I. The lowest BCUT2D eigenvalue weighted by molar-refractivity contribution is 0.0597. The van der Waals surface area contributed by atoms with E-state index in [1.165, 1.54) is 25.3 Å². The van der Waals surface area contributed by atoms with E-state index in [0.29, 0.717) is 36.9 Å². The van der Waals surface area contributed by atoms with Gasteiger partial charge in [-0.3, -0.25) is 9.67 Å². The number of halogens is 1. The quantitative estimate of drug-likeness (QED) is 0.194. The van der Waals surface area contributed by atoms with Crippen molar-refractivity contribution < 1.29 is 14.3 Å². The van der Waals surface area contributed by atoms with Crippen LogP contribution >= 0.6 is 24.0 Å². The number of hydrogen-bond acceptors (Lipinski definition) is 5.